The lowest BCUT2D eigenvalue weighted by Gasteiger charge is -1.99. The van der Waals surface area contributed by atoms with E-state index in [1.807, 2.05) is 62.4 Å². The monoisotopic (exact) mass is 318 g/mol. The van der Waals surface area contributed by atoms with Gasteiger partial charge in [0.05, 0.1) is 11.9 Å². The minimum atomic E-state index is -0.328. The number of aromatic amines is 1. The molecule has 120 valence electrons. The molecule has 1 aromatic heterocycles. The first-order valence-corrected chi connectivity index (χ1v) is 7.65. The van der Waals surface area contributed by atoms with Crippen molar-refractivity contribution in [2.75, 3.05) is 0 Å². The highest BCUT2D eigenvalue weighted by atomic mass is 16.2. The van der Waals surface area contributed by atoms with E-state index in [0.717, 1.165) is 22.4 Å². The zero-order valence-electron chi connectivity index (χ0n) is 13.6. The second-order valence-corrected chi connectivity index (χ2v) is 5.59. The quantitative estimate of drug-likeness (QED) is 0.571. The number of nitrogens with one attached hydrogen (secondary N) is 2. The molecule has 0 spiro atoms. The Morgan fingerprint density at radius 1 is 1.12 bits per heavy atom. The molecule has 0 aliphatic rings. The third-order valence-electron chi connectivity index (χ3n) is 3.73. The van der Waals surface area contributed by atoms with Crippen LogP contribution < -0.4 is 5.43 Å². The van der Waals surface area contributed by atoms with Crippen LogP contribution in [0.15, 0.2) is 59.7 Å². The van der Waals surface area contributed by atoms with Gasteiger partial charge in [0, 0.05) is 5.56 Å². The first-order valence-electron chi connectivity index (χ1n) is 7.65. The number of aryl methyl sites for hydroxylation is 2. The van der Waals surface area contributed by atoms with Gasteiger partial charge in [-0.15, -0.1) is 0 Å². The fraction of sp³-hybridized carbons (Fsp3) is 0.105. The molecule has 0 aliphatic heterocycles. The number of carbonyl (C=O) groups excluding carboxylic acids is 1. The number of nitrogens with zero attached hydrogens (tertiary/aromatic N) is 2. The predicted octanol–water partition coefficient (Wildman–Crippen LogP) is 3.46. The maximum Gasteiger partial charge on any atom is 0.289 e. The summed E-state index contributed by atoms with van der Waals surface area (Å²) in [5, 5.41) is 10.9. The standard InChI is InChI=1S/C19H18N4O/c1-13-7-9-15(10-8-13)17-11-18(22-21-17)19(24)23-20-12-16-6-4-3-5-14(16)2/h3-12H,1-2H3,(H,21,22)(H,23,24)/b20-12+. The number of aromatic nitrogens is 2. The third kappa shape index (κ3) is 3.57. The zero-order chi connectivity index (χ0) is 16.9. The van der Waals surface area contributed by atoms with Crippen molar-refractivity contribution in [3.8, 4) is 11.3 Å². The lowest BCUT2D eigenvalue weighted by atomic mass is 10.1. The molecule has 0 bridgehead atoms. The molecule has 2 aromatic carbocycles. The molecular weight excluding hydrogens is 300 g/mol. The van der Waals surface area contributed by atoms with E-state index in [2.05, 4.69) is 20.7 Å². The number of benzene rings is 2. The Balaban J connectivity index is 1.68. The van der Waals surface area contributed by atoms with E-state index in [9.17, 15) is 4.79 Å². The summed E-state index contributed by atoms with van der Waals surface area (Å²) < 4.78 is 0. The summed E-state index contributed by atoms with van der Waals surface area (Å²) in [6.45, 7) is 4.02. The minimum absolute atomic E-state index is 0.328. The Bertz CT molecular complexity index is 878. The lowest BCUT2D eigenvalue weighted by molar-refractivity contribution is 0.0950. The molecule has 0 atom stereocenters. The largest absolute Gasteiger partial charge is 0.289 e. The summed E-state index contributed by atoms with van der Waals surface area (Å²) in [6.07, 6.45) is 1.63. The van der Waals surface area contributed by atoms with Crippen LogP contribution in [0.25, 0.3) is 11.3 Å². The Kier molecular flexibility index (Phi) is 4.52. The van der Waals surface area contributed by atoms with Crippen LogP contribution in [0.3, 0.4) is 0 Å². The topological polar surface area (TPSA) is 70.1 Å². The van der Waals surface area contributed by atoms with Crippen LogP contribution in [0.5, 0.6) is 0 Å². The van der Waals surface area contributed by atoms with Gasteiger partial charge in [0.2, 0.25) is 0 Å². The minimum Gasteiger partial charge on any atom is -0.272 e. The SMILES string of the molecule is Cc1ccc(-c2cc(C(=O)N/N=C/c3ccccc3C)[nH]n2)cc1. The van der Waals surface area contributed by atoms with Gasteiger partial charge in [-0.05, 0) is 31.0 Å². The number of hydrogen-bond acceptors (Lipinski definition) is 3. The van der Waals surface area contributed by atoms with Crippen LogP contribution in [0, 0.1) is 13.8 Å². The van der Waals surface area contributed by atoms with Crippen LogP contribution in [0.2, 0.25) is 0 Å². The van der Waals surface area contributed by atoms with Gasteiger partial charge in [-0.1, -0.05) is 54.1 Å². The second kappa shape index (κ2) is 6.91. The summed E-state index contributed by atoms with van der Waals surface area (Å²) >= 11 is 0. The third-order valence-corrected chi connectivity index (χ3v) is 3.73. The summed E-state index contributed by atoms with van der Waals surface area (Å²) in [6, 6.07) is 17.5. The number of hydrogen-bond donors (Lipinski definition) is 2. The van der Waals surface area contributed by atoms with E-state index in [4.69, 9.17) is 0 Å². The van der Waals surface area contributed by atoms with E-state index in [-0.39, 0.29) is 5.91 Å². The van der Waals surface area contributed by atoms with Gasteiger partial charge >= 0.3 is 0 Å². The van der Waals surface area contributed by atoms with Gasteiger partial charge < -0.3 is 0 Å². The normalized spacial score (nSPS) is 10.9. The van der Waals surface area contributed by atoms with Crippen LogP contribution >= 0.6 is 0 Å². The maximum absolute atomic E-state index is 12.1. The molecular formula is C19H18N4O. The Hall–Kier alpha value is -3.21. The number of H-pyrrole nitrogens is 1. The smallest absolute Gasteiger partial charge is 0.272 e. The van der Waals surface area contributed by atoms with Gasteiger partial charge in [-0.25, -0.2) is 5.43 Å². The fourth-order valence-corrected chi connectivity index (χ4v) is 2.26. The molecule has 24 heavy (non-hydrogen) atoms. The van der Waals surface area contributed by atoms with Gasteiger partial charge in [-0.2, -0.15) is 10.2 Å². The molecule has 1 heterocycles. The predicted molar refractivity (Wildman–Crippen MR) is 95.0 cm³/mol. The highest BCUT2D eigenvalue weighted by Gasteiger charge is 2.10. The van der Waals surface area contributed by atoms with Crippen molar-refractivity contribution in [3.05, 3.63) is 77.0 Å². The van der Waals surface area contributed by atoms with Gasteiger partial charge in [0.1, 0.15) is 5.69 Å². The Labute approximate surface area is 140 Å². The van der Waals surface area contributed by atoms with Crippen molar-refractivity contribution in [2.24, 2.45) is 5.10 Å². The molecule has 3 rings (SSSR count). The number of amides is 1. The first-order chi connectivity index (χ1) is 11.6. The molecule has 5 heteroatoms. The van der Waals surface area contributed by atoms with Gasteiger partial charge in [0.15, 0.2) is 0 Å². The Morgan fingerprint density at radius 3 is 2.62 bits per heavy atom. The Morgan fingerprint density at radius 2 is 1.88 bits per heavy atom. The van der Waals surface area contributed by atoms with Crippen LogP contribution in [-0.4, -0.2) is 22.3 Å². The van der Waals surface area contributed by atoms with Crippen molar-refractivity contribution in [1.82, 2.24) is 15.6 Å². The maximum atomic E-state index is 12.1. The molecule has 0 radical (unpaired) electrons. The van der Waals surface area contributed by atoms with Crippen molar-refractivity contribution < 1.29 is 4.79 Å². The molecule has 1 amide bonds. The molecule has 2 N–H and O–H groups in total. The molecule has 0 saturated carbocycles. The van der Waals surface area contributed by atoms with Gasteiger partial charge in [0.25, 0.3) is 5.91 Å². The fourth-order valence-electron chi connectivity index (χ4n) is 2.26. The second-order valence-electron chi connectivity index (χ2n) is 5.59. The lowest BCUT2D eigenvalue weighted by Crippen LogP contribution is -2.18. The molecule has 0 saturated heterocycles. The number of hydrazone groups is 1. The average Bonchev–Trinajstić information content (AvgIpc) is 3.07. The van der Waals surface area contributed by atoms with Crippen molar-refractivity contribution in [3.63, 3.8) is 0 Å². The highest BCUT2D eigenvalue weighted by molar-refractivity contribution is 5.94. The van der Waals surface area contributed by atoms with Crippen LogP contribution in [0.1, 0.15) is 27.2 Å². The molecule has 0 fully saturated rings. The van der Waals surface area contributed by atoms with E-state index in [1.165, 1.54) is 5.56 Å². The van der Waals surface area contributed by atoms with Crippen molar-refractivity contribution >= 4 is 12.1 Å². The zero-order valence-corrected chi connectivity index (χ0v) is 13.6. The number of carbonyl (C=O) groups is 1. The van der Waals surface area contributed by atoms with E-state index in [1.54, 1.807) is 12.3 Å². The van der Waals surface area contributed by atoms with Crippen LogP contribution in [0.4, 0.5) is 0 Å². The molecule has 5 nitrogen and oxygen atoms in total. The van der Waals surface area contributed by atoms with Gasteiger partial charge in [-0.3, -0.25) is 9.89 Å². The summed E-state index contributed by atoms with van der Waals surface area (Å²) in [4.78, 5) is 12.1. The highest BCUT2D eigenvalue weighted by Crippen LogP contribution is 2.18. The average molecular weight is 318 g/mol. The van der Waals surface area contributed by atoms with Crippen molar-refractivity contribution in [2.45, 2.75) is 13.8 Å². The summed E-state index contributed by atoms with van der Waals surface area (Å²) in [5.74, 6) is -0.328. The van der Waals surface area contributed by atoms with E-state index < -0.39 is 0 Å². The molecule has 0 aliphatic carbocycles. The first kappa shape index (κ1) is 15.7. The summed E-state index contributed by atoms with van der Waals surface area (Å²) in [7, 11) is 0. The molecule has 0 unspecified atom stereocenters. The number of rotatable bonds is 4. The van der Waals surface area contributed by atoms with Crippen LogP contribution in [-0.2, 0) is 0 Å². The van der Waals surface area contributed by atoms with Crippen molar-refractivity contribution in [1.29, 1.82) is 0 Å². The van der Waals surface area contributed by atoms with E-state index >= 15 is 0 Å². The van der Waals surface area contributed by atoms with E-state index in [0.29, 0.717) is 5.69 Å². The molecule has 3 aromatic rings. The summed E-state index contributed by atoms with van der Waals surface area (Å²) in [5.41, 5.74) is 7.79.